The molecular formula is C8H7BF2O4. The topological polar surface area (TPSA) is 66.8 Å². The summed E-state index contributed by atoms with van der Waals surface area (Å²) >= 11 is 0. The third-order valence-electron chi connectivity index (χ3n) is 1.80. The van der Waals surface area contributed by atoms with Crippen molar-refractivity contribution in [2.24, 2.45) is 0 Å². The van der Waals surface area contributed by atoms with Gasteiger partial charge in [-0.05, 0) is 6.07 Å². The van der Waals surface area contributed by atoms with Crippen LogP contribution in [0, 0.1) is 11.6 Å². The van der Waals surface area contributed by atoms with Crippen LogP contribution in [0.4, 0.5) is 8.78 Å². The molecule has 1 aromatic rings. The summed E-state index contributed by atoms with van der Waals surface area (Å²) in [6.45, 7) is 0. The number of carbonyl (C=O) groups excluding carboxylic acids is 1. The van der Waals surface area contributed by atoms with Crippen molar-refractivity contribution in [3.05, 3.63) is 29.3 Å². The Balaban J connectivity index is 3.27. The Morgan fingerprint density at radius 2 is 1.93 bits per heavy atom. The van der Waals surface area contributed by atoms with Gasteiger partial charge in [-0.25, -0.2) is 13.6 Å². The summed E-state index contributed by atoms with van der Waals surface area (Å²) < 4.78 is 30.5. The van der Waals surface area contributed by atoms with E-state index in [1.54, 1.807) is 0 Å². The Bertz CT molecular complexity index is 394. The molecule has 0 aliphatic rings. The van der Waals surface area contributed by atoms with Gasteiger partial charge in [0.2, 0.25) is 0 Å². The lowest BCUT2D eigenvalue weighted by molar-refractivity contribution is 0.0594. The predicted octanol–water partition coefficient (Wildman–Crippen LogP) is -0.569. The number of hydrogen-bond acceptors (Lipinski definition) is 4. The van der Waals surface area contributed by atoms with E-state index in [9.17, 15) is 13.6 Å². The van der Waals surface area contributed by atoms with E-state index < -0.39 is 35.7 Å². The molecule has 0 bridgehead atoms. The van der Waals surface area contributed by atoms with Gasteiger partial charge in [-0.2, -0.15) is 0 Å². The molecule has 0 amide bonds. The molecule has 15 heavy (non-hydrogen) atoms. The quantitative estimate of drug-likeness (QED) is 0.513. The lowest BCUT2D eigenvalue weighted by atomic mass is 9.79. The molecule has 0 spiro atoms. The van der Waals surface area contributed by atoms with Crippen LogP contribution in [0.5, 0.6) is 0 Å². The number of methoxy groups -OCH3 is 1. The van der Waals surface area contributed by atoms with Gasteiger partial charge in [0.05, 0.1) is 12.7 Å². The maximum Gasteiger partial charge on any atom is 0.491 e. The highest BCUT2D eigenvalue weighted by Crippen LogP contribution is 2.11. The summed E-state index contributed by atoms with van der Waals surface area (Å²) in [7, 11) is -1.11. The van der Waals surface area contributed by atoms with E-state index in [0.717, 1.165) is 19.2 Å². The summed E-state index contributed by atoms with van der Waals surface area (Å²) in [6.07, 6.45) is 0. The van der Waals surface area contributed by atoms with Crippen LogP contribution in [0.2, 0.25) is 0 Å². The second-order valence-electron chi connectivity index (χ2n) is 2.70. The maximum absolute atomic E-state index is 13.2. The molecule has 0 saturated carbocycles. The zero-order valence-electron chi connectivity index (χ0n) is 7.70. The molecule has 1 rings (SSSR count). The Morgan fingerprint density at radius 3 is 2.40 bits per heavy atom. The molecule has 80 valence electrons. The van der Waals surface area contributed by atoms with E-state index in [4.69, 9.17) is 10.0 Å². The number of benzene rings is 1. The van der Waals surface area contributed by atoms with Crippen molar-refractivity contribution in [1.82, 2.24) is 0 Å². The van der Waals surface area contributed by atoms with Crippen LogP contribution in [0.1, 0.15) is 10.4 Å². The zero-order valence-corrected chi connectivity index (χ0v) is 7.70. The molecule has 0 aromatic heterocycles. The molecule has 4 nitrogen and oxygen atoms in total. The van der Waals surface area contributed by atoms with Gasteiger partial charge in [-0.1, -0.05) is 6.07 Å². The molecule has 1 aromatic carbocycles. The molecule has 0 saturated heterocycles. The lowest BCUT2D eigenvalue weighted by Crippen LogP contribution is -2.34. The average Bonchev–Trinajstić information content (AvgIpc) is 2.20. The van der Waals surface area contributed by atoms with Gasteiger partial charge in [-0.15, -0.1) is 0 Å². The summed E-state index contributed by atoms with van der Waals surface area (Å²) in [5.41, 5.74) is -1.24. The van der Waals surface area contributed by atoms with Crippen molar-refractivity contribution in [2.75, 3.05) is 7.11 Å². The molecule has 0 fully saturated rings. The minimum Gasteiger partial charge on any atom is -0.465 e. The zero-order chi connectivity index (χ0) is 11.6. The fourth-order valence-corrected chi connectivity index (χ4v) is 1.03. The number of carbonyl (C=O) groups is 1. The van der Waals surface area contributed by atoms with Crippen LogP contribution in [0.3, 0.4) is 0 Å². The van der Waals surface area contributed by atoms with Crippen LogP contribution < -0.4 is 5.46 Å². The highest BCUT2D eigenvalue weighted by atomic mass is 19.2. The number of ether oxygens (including phenoxy) is 1. The fourth-order valence-electron chi connectivity index (χ4n) is 1.03. The molecule has 0 atom stereocenters. The summed E-state index contributed by atoms with van der Waals surface area (Å²) in [4.78, 5) is 10.9. The molecular weight excluding hydrogens is 209 g/mol. The van der Waals surface area contributed by atoms with Gasteiger partial charge < -0.3 is 14.8 Å². The number of hydrogen-bond donors (Lipinski definition) is 2. The molecule has 0 heterocycles. The second-order valence-corrected chi connectivity index (χ2v) is 2.70. The SMILES string of the molecule is COC(=O)c1ccc(B(O)O)c(F)c1F. The third-order valence-corrected chi connectivity index (χ3v) is 1.80. The predicted molar refractivity (Wildman–Crippen MR) is 47.5 cm³/mol. The minimum atomic E-state index is -2.13. The summed E-state index contributed by atoms with van der Waals surface area (Å²) in [6, 6.07) is 1.81. The van der Waals surface area contributed by atoms with Crippen molar-refractivity contribution >= 4 is 18.6 Å². The molecule has 2 N–H and O–H groups in total. The molecule has 0 radical (unpaired) electrons. The second kappa shape index (κ2) is 4.37. The van der Waals surface area contributed by atoms with Crippen molar-refractivity contribution in [3.63, 3.8) is 0 Å². The van der Waals surface area contributed by atoms with Gasteiger partial charge in [0.25, 0.3) is 0 Å². The van der Waals surface area contributed by atoms with Crippen molar-refractivity contribution in [1.29, 1.82) is 0 Å². The van der Waals surface area contributed by atoms with Crippen molar-refractivity contribution in [2.45, 2.75) is 0 Å². The van der Waals surface area contributed by atoms with E-state index in [-0.39, 0.29) is 0 Å². The number of rotatable bonds is 2. The lowest BCUT2D eigenvalue weighted by Gasteiger charge is -2.05. The van der Waals surface area contributed by atoms with E-state index >= 15 is 0 Å². The Labute approximate surface area is 84.2 Å². The third kappa shape index (κ3) is 2.13. The van der Waals surface area contributed by atoms with E-state index in [1.807, 2.05) is 0 Å². The van der Waals surface area contributed by atoms with Crippen molar-refractivity contribution < 1.29 is 28.4 Å². The van der Waals surface area contributed by atoms with E-state index in [2.05, 4.69) is 4.74 Å². The Hall–Kier alpha value is -1.47. The van der Waals surface area contributed by atoms with Crippen LogP contribution in [-0.2, 0) is 4.74 Å². The molecule has 0 aliphatic heterocycles. The van der Waals surface area contributed by atoms with Gasteiger partial charge in [-0.3, -0.25) is 0 Å². The largest absolute Gasteiger partial charge is 0.491 e. The van der Waals surface area contributed by atoms with Crippen molar-refractivity contribution in [3.8, 4) is 0 Å². The maximum atomic E-state index is 13.2. The minimum absolute atomic E-state index is 0.598. The number of halogens is 2. The first-order valence-corrected chi connectivity index (χ1v) is 3.91. The van der Waals surface area contributed by atoms with Crippen LogP contribution >= 0.6 is 0 Å². The smallest absolute Gasteiger partial charge is 0.465 e. The fraction of sp³-hybridized carbons (Fsp3) is 0.125. The Kier molecular flexibility index (Phi) is 3.38. The van der Waals surface area contributed by atoms with Crippen LogP contribution in [0.25, 0.3) is 0 Å². The molecule has 0 aliphatic carbocycles. The van der Waals surface area contributed by atoms with Crippen LogP contribution in [0.15, 0.2) is 12.1 Å². The average molecular weight is 216 g/mol. The van der Waals surface area contributed by atoms with E-state index in [1.165, 1.54) is 0 Å². The molecule has 7 heteroatoms. The number of esters is 1. The first-order chi connectivity index (χ1) is 6.99. The van der Waals surface area contributed by atoms with Gasteiger partial charge >= 0.3 is 13.1 Å². The highest BCUT2D eigenvalue weighted by Gasteiger charge is 2.24. The normalized spacial score (nSPS) is 9.93. The van der Waals surface area contributed by atoms with Gasteiger partial charge in [0.15, 0.2) is 11.6 Å². The summed E-state index contributed by atoms with van der Waals surface area (Å²) in [5.74, 6) is -3.98. The first-order valence-electron chi connectivity index (χ1n) is 3.91. The highest BCUT2D eigenvalue weighted by molar-refractivity contribution is 6.58. The molecule has 0 unspecified atom stereocenters. The van der Waals surface area contributed by atoms with Gasteiger partial charge in [0.1, 0.15) is 0 Å². The Morgan fingerprint density at radius 1 is 1.33 bits per heavy atom. The van der Waals surface area contributed by atoms with Crippen LogP contribution in [-0.4, -0.2) is 30.2 Å². The monoisotopic (exact) mass is 216 g/mol. The standard InChI is InChI=1S/C8H7BF2O4/c1-15-8(12)4-2-3-5(9(13)14)7(11)6(4)10/h2-3,13-14H,1H3. The summed E-state index contributed by atoms with van der Waals surface area (Å²) in [5, 5.41) is 17.3. The first kappa shape index (κ1) is 11.6. The van der Waals surface area contributed by atoms with E-state index in [0.29, 0.717) is 0 Å². The van der Waals surface area contributed by atoms with Gasteiger partial charge in [0, 0.05) is 5.46 Å².